The highest BCUT2D eigenvalue weighted by atomic mass is 16.5. The van der Waals surface area contributed by atoms with Crippen molar-refractivity contribution >= 4 is 5.97 Å². The van der Waals surface area contributed by atoms with Crippen molar-refractivity contribution in [1.82, 2.24) is 20.2 Å². The van der Waals surface area contributed by atoms with Crippen LogP contribution in [0.4, 0.5) is 0 Å². The minimum absolute atomic E-state index is 0.449. The summed E-state index contributed by atoms with van der Waals surface area (Å²) < 4.78 is 6.74. The minimum atomic E-state index is -0.974. The van der Waals surface area contributed by atoms with Gasteiger partial charge in [0, 0.05) is 12.0 Å². The van der Waals surface area contributed by atoms with Crippen LogP contribution in [-0.4, -0.2) is 37.9 Å². The average Bonchev–Trinajstić information content (AvgIpc) is 3.05. The summed E-state index contributed by atoms with van der Waals surface area (Å²) in [6.07, 6.45) is 0.846. The molecule has 0 saturated carbocycles. The fraction of sp³-hybridized carbons (Fsp3) is 0.333. The van der Waals surface area contributed by atoms with Crippen LogP contribution in [0.15, 0.2) is 18.2 Å². The van der Waals surface area contributed by atoms with Crippen molar-refractivity contribution < 1.29 is 14.6 Å². The predicted molar refractivity (Wildman–Crippen MR) is 64.8 cm³/mol. The monoisotopic (exact) mass is 260 g/mol. The molecule has 2 heterocycles. The third-order valence-corrected chi connectivity index (χ3v) is 3.16. The fourth-order valence-electron chi connectivity index (χ4n) is 2.07. The molecule has 1 unspecified atom stereocenters. The van der Waals surface area contributed by atoms with Crippen LogP contribution in [0.3, 0.4) is 0 Å². The van der Waals surface area contributed by atoms with Crippen molar-refractivity contribution in [2.75, 3.05) is 6.61 Å². The second-order valence-corrected chi connectivity index (χ2v) is 4.38. The van der Waals surface area contributed by atoms with E-state index in [1.807, 2.05) is 18.2 Å². The number of fused-ring (bicyclic) bond motifs is 1. The van der Waals surface area contributed by atoms with Gasteiger partial charge in [0.2, 0.25) is 0 Å². The average molecular weight is 260 g/mol. The summed E-state index contributed by atoms with van der Waals surface area (Å²) in [4.78, 5) is 11.0. The number of carboxylic acids is 1. The Morgan fingerprint density at radius 3 is 3.16 bits per heavy atom. The van der Waals surface area contributed by atoms with Crippen LogP contribution in [0.25, 0.3) is 11.4 Å². The Labute approximate surface area is 108 Å². The maximum Gasteiger partial charge on any atom is 0.328 e. The number of aromatic nitrogens is 4. The van der Waals surface area contributed by atoms with Gasteiger partial charge in [-0.15, -0.1) is 5.10 Å². The lowest BCUT2D eigenvalue weighted by atomic mass is 10.1. The minimum Gasteiger partial charge on any atom is -0.493 e. The Hall–Kier alpha value is -2.44. The number of benzene rings is 1. The van der Waals surface area contributed by atoms with E-state index < -0.39 is 12.0 Å². The zero-order valence-corrected chi connectivity index (χ0v) is 10.3. The topological polar surface area (TPSA) is 90.1 Å². The van der Waals surface area contributed by atoms with Gasteiger partial charge in [0.25, 0.3) is 0 Å². The number of carbonyl (C=O) groups is 1. The van der Waals surface area contributed by atoms with Gasteiger partial charge in [0.15, 0.2) is 11.9 Å². The Morgan fingerprint density at radius 2 is 2.37 bits per heavy atom. The molecule has 19 heavy (non-hydrogen) atoms. The Balaban J connectivity index is 2.03. The maximum atomic E-state index is 11.0. The van der Waals surface area contributed by atoms with E-state index in [9.17, 15) is 4.79 Å². The number of aliphatic carboxylic acids is 1. The highest BCUT2D eigenvalue weighted by Crippen LogP contribution is 2.30. The third-order valence-electron chi connectivity index (χ3n) is 3.16. The first kappa shape index (κ1) is 11.6. The summed E-state index contributed by atoms with van der Waals surface area (Å²) in [5, 5.41) is 20.3. The quantitative estimate of drug-likeness (QED) is 0.882. The molecule has 0 fully saturated rings. The number of ether oxygens (including phenoxy) is 1. The van der Waals surface area contributed by atoms with E-state index in [4.69, 9.17) is 9.84 Å². The van der Waals surface area contributed by atoms with Gasteiger partial charge >= 0.3 is 5.97 Å². The normalized spacial score (nSPS) is 14.8. The number of tetrazole rings is 1. The Kier molecular flexibility index (Phi) is 2.66. The molecule has 7 nitrogen and oxygen atoms in total. The van der Waals surface area contributed by atoms with E-state index in [2.05, 4.69) is 15.5 Å². The first-order valence-corrected chi connectivity index (χ1v) is 5.93. The van der Waals surface area contributed by atoms with Crippen LogP contribution in [-0.2, 0) is 11.2 Å². The molecule has 7 heteroatoms. The zero-order valence-electron chi connectivity index (χ0n) is 10.3. The van der Waals surface area contributed by atoms with Gasteiger partial charge < -0.3 is 9.84 Å². The lowest BCUT2D eigenvalue weighted by Gasteiger charge is -2.09. The van der Waals surface area contributed by atoms with Gasteiger partial charge in [-0.25, -0.2) is 9.48 Å². The van der Waals surface area contributed by atoms with Crippen molar-refractivity contribution in [3.05, 3.63) is 23.8 Å². The molecule has 98 valence electrons. The summed E-state index contributed by atoms with van der Waals surface area (Å²) in [6, 6.07) is 4.83. The Morgan fingerprint density at radius 1 is 1.53 bits per heavy atom. The van der Waals surface area contributed by atoms with Gasteiger partial charge in [-0.1, -0.05) is 0 Å². The van der Waals surface area contributed by atoms with Crippen LogP contribution >= 0.6 is 0 Å². The molecule has 3 rings (SSSR count). The first-order valence-electron chi connectivity index (χ1n) is 5.93. The largest absolute Gasteiger partial charge is 0.493 e. The van der Waals surface area contributed by atoms with Crippen LogP contribution in [0, 0.1) is 0 Å². The third kappa shape index (κ3) is 1.92. The number of hydrogen-bond acceptors (Lipinski definition) is 5. The molecule has 0 amide bonds. The van der Waals surface area contributed by atoms with E-state index >= 15 is 0 Å². The molecule has 0 saturated heterocycles. The molecule has 0 bridgehead atoms. The van der Waals surface area contributed by atoms with Crippen molar-refractivity contribution in [3.8, 4) is 17.1 Å². The van der Waals surface area contributed by atoms with Gasteiger partial charge in [0.05, 0.1) is 6.61 Å². The van der Waals surface area contributed by atoms with E-state index in [1.54, 1.807) is 6.92 Å². The number of nitrogens with zero attached hydrogens (tertiary/aromatic N) is 4. The summed E-state index contributed by atoms with van der Waals surface area (Å²) >= 11 is 0. The number of carboxylic acid groups (broad SMARTS) is 1. The van der Waals surface area contributed by atoms with E-state index in [0.717, 1.165) is 23.3 Å². The standard InChI is InChI=1S/C12H12N4O3/c1-7(12(17)18)16-11(13-14-15-16)9-2-3-10-8(6-9)4-5-19-10/h2-3,6-7H,4-5H2,1H3,(H,17,18). The summed E-state index contributed by atoms with van der Waals surface area (Å²) in [7, 11) is 0. The van der Waals surface area contributed by atoms with Crippen molar-refractivity contribution in [1.29, 1.82) is 0 Å². The molecule has 2 aromatic rings. The predicted octanol–water partition coefficient (Wildman–Crippen LogP) is 0.921. The molecule has 1 aromatic heterocycles. The van der Waals surface area contributed by atoms with Gasteiger partial charge in [-0.2, -0.15) is 0 Å². The molecule has 0 spiro atoms. The van der Waals surface area contributed by atoms with Gasteiger partial charge in [0.1, 0.15) is 5.75 Å². The molecule has 1 N–H and O–H groups in total. The maximum absolute atomic E-state index is 11.0. The van der Waals surface area contributed by atoms with Gasteiger partial charge in [-0.3, -0.25) is 0 Å². The zero-order chi connectivity index (χ0) is 13.4. The second kappa shape index (κ2) is 4.34. The van der Waals surface area contributed by atoms with Crippen LogP contribution in [0.2, 0.25) is 0 Å². The molecule has 1 aliphatic rings. The molecule has 1 aliphatic heterocycles. The van der Waals surface area contributed by atoms with Crippen LogP contribution in [0.1, 0.15) is 18.5 Å². The second-order valence-electron chi connectivity index (χ2n) is 4.38. The van der Waals surface area contributed by atoms with Crippen molar-refractivity contribution in [2.24, 2.45) is 0 Å². The Bertz CT molecular complexity index is 638. The first-order chi connectivity index (χ1) is 9.16. The number of hydrogen-bond donors (Lipinski definition) is 1. The highest BCUT2D eigenvalue weighted by molar-refractivity contribution is 5.72. The summed E-state index contributed by atoms with van der Waals surface area (Å²) in [5.41, 5.74) is 1.89. The smallest absolute Gasteiger partial charge is 0.328 e. The lowest BCUT2D eigenvalue weighted by Crippen LogP contribution is -2.18. The SMILES string of the molecule is CC(C(=O)O)n1nnnc1-c1ccc2c(c1)CCO2. The summed E-state index contributed by atoms with van der Waals surface area (Å²) in [6.45, 7) is 2.22. The summed E-state index contributed by atoms with van der Waals surface area (Å²) in [5.74, 6) is 0.344. The van der Waals surface area contributed by atoms with E-state index in [1.165, 1.54) is 4.68 Å². The van der Waals surface area contributed by atoms with Gasteiger partial charge in [-0.05, 0) is 41.1 Å². The molecule has 1 aromatic carbocycles. The highest BCUT2D eigenvalue weighted by Gasteiger charge is 2.21. The molecular weight excluding hydrogens is 248 g/mol. The van der Waals surface area contributed by atoms with E-state index in [-0.39, 0.29) is 0 Å². The van der Waals surface area contributed by atoms with E-state index in [0.29, 0.717) is 12.4 Å². The molecular formula is C12H12N4O3. The fourth-order valence-corrected chi connectivity index (χ4v) is 2.07. The number of rotatable bonds is 3. The lowest BCUT2D eigenvalue weighted by molar-refractivity contribution is -0.140. The molecule has 0 aliphatic carbocycles. The van der Waals surface area contributed by atoms with Crippen LogP contribution in [0.5, 0.6) is 5.75 Å². The van der Waals surface area contributed by atoms with Crippen LogP contribution < -0.4 is 4.74 Å². The molecule has 1 atom stereocenters. The van der Waals surface area contributed by atoms with Crippen molar-refractivity contribution in [3.63, 3.8) is 0 Å². The molecule has 0 radical (unpaired) electrons. The van der Waals surface area contributed by atoms with Crippen molar-refractivity contribution in [2.45, 2.75) is 19.4 Å².